The summed E-state index contributed by atoms with van der Waals surface area (Å²) in [5, 5.41) is 9.95. The summed E-state index contributed by atoms with van der Waals surface area (Å²) in [5.41, 5.74) is 0. The fourth-order valence-corrected chi connectivity index (χ4v) is 2.39. The molecule has 2 fully saturated rings. The van der Waals surface area contributed by atoms with E-state index in [-0.39, 0.29) is 12.2 Å². The molecule has 2 heterocycles. The zero-order valence-corrected chi connectivity index (χ0v) is 10.5. The fourth-order valence-electron chi connectivity index (χ4n) is 2.39. The number of fused-ring (bicyclic) bond motifs is 1. The minimum Gasteiger partial charge on any atom is -0.390 e. The number of aliphatic hydroxyl groups excluding tert-OH is 1. The van der Waals surface area contributed by atoms with E-state index >= 15 is 0 Å². The Morgan fingerprint density at radius 2 is 2.18 bits per heavy atom. The van der Waals surface area contributed by atoms with Gasteiger partial charge in [-0.05, 0) is 20.3 Å². The van der Waals surface area contributed by atoms with Crippen LogP contribution in [0.15, 0.2) is 12.7 Å². The van der Waals surface area contributed by atoms with Crippen molar-refractivity contribution in [2.75, 3.05) is 7.11 Å². The molecule has 0 spiro atoms. The van der Waals surface area contributed by atoms with Crippen molar-refractivity contribution < 1.29 is 24.1 Å². The highest BCUT2D eigenvalue weighted by molar-refractivity contribution is 4.97. The van der Waals surface area contributed by atoms with Gasteiger partial charge in [0.15, 0.2) is 12.1 Å². The Morgan fingerprint density at radius 3 is 2.76 bits per heavy atom. The number of rotatable bonds is 4. The number of ether oxygens (including phenoxy) is 4. The highest BCUT2D eigenvalue weighted by Gasteiger charge is 2.56. The third-order valence-corrected chi connectivity index (χ3v) is 3.09. The molecule has 0 unspecified atom stereocenters. The first-order valence-electron chi connectivity index (χ1n) is 5.81. The highest BCUT2D eigenvalue weighted by Crippen LogP contribution is 2.39. The summed E-state index contributed by atoms with van der Waals surface area (Å²) in [5.74, 6) is -0.666. The van der Waals surface area contributed by atoms with Crippen LogP contribution < -0.4 is 0 Å². The largest absolute Gasteiger partial charge is 0.390 e. The minimum absolute atomic E-state index is 0.292. The van der Waals surface area contributed by atoms with Crippen molar-refractivity contribution in [1.29, 1.82) is 0 Å². The predicted molar refractivity (Wildman–Crippen MR) is 60.3 cm³/mol. The van der Waals surface area contributed by atoms with Gasteiger partial charge in [-0.2, -0.15) is 0 Å². The smallest absolute Gasteiger partial charge is 0.190 e. The predicted octanol–water partition coefficient (Wildman–Crippen LogP) is 0.815. The van der Waals surface area contributed by atoms with E-state index in [1.807, 2.05) is 13.8 Å². The third kappa shape index (κ3) is 2.39. The zero-order valence-electron chi connectivity index (χ0n) is 10.5. The van der Waals surface area contributed by atoms with Gasteiger partial charge in [0.1, 0.15) is 18.3 Å². The molecule has 1 N–H and O–H groups in total. The molecule has 0 aromatic heterocycles. The van der Waals surface area contributed by atoms with Crippen LogP contribution in [-0.4, -0.2) is 48.7 Å². The Kier molecular flexibility index (Phi) is 3.56. The monoisotopic (exact) mass is 244 g/mol. The van der Waals surface area contributed by atoms with E-state index in [1.165, 1.54) is 0 Å². The molecule has 5 nitrogen and oxygen atoms in total. The van der Waals surface area contributed by atoms with E-state index in [0.29, 0.717) is 6.42 Å². The molecule has 0 aliphatic carbocycles. The lowest BCUT2D eigenvalue weighted by atomic mass is 10.0. The van der Waals surface area contributed by atoms with Crippen LogP contribution in [0, 0.1) is 0 Å². The molecule has 2 aliphatic heterocycles. The molecule has 2 saturated heterocycles. The molecule has 0 radical (unpaired) electrons. The maximum Gasteiger partial charge on any atom is 0.190 e. The van der Waals surface area contributed by atoms with Crippen molar-refractivity contribution in [3.05, 3.63) is 12.7 Å². The van der Waals surface area contributed by atoms with Gasteiger partial charge in [0, 0.05) is 7.11 Å². The van der Waals surface area contributed by atoms with Gasteiger partial charge in [-0.3, -0.25) is 0 Å². The van der Waals surface area contributed by atoms with Crippen LogP contribution in [0.1, 0.15) is 20.3 Å². The molecule has 0 aromatic carbocycles. The zero-order chi connectivity index (χ0) is 12.6. The Labute approximate surface area is 101 Å². The SMILES string of the molecule is C=CC[C@@H](O)[C@H]1O[C@@H]2OC(C)(C)O[C@@H]2[C@H]1OC. The number of hydrogen-bond acceptors (Lipinski definition) is 5. The molecule has 17 heavy (non-hydrogen) atoms. The van der Waals surface area contributed by atoms with Gasteiger partial charge in [0.25, 0.3) is 0 Å². The molecule has 0 saturated carbocycles. The summed E-state index contributed by atoms with van der Waals surface area (Å²) in [6.07, 6.45) is -0.0773. The van der Waals surface area contributed by atoms with Crippen molar-refractivity contribution in [2.24, 2.45) is 0 Å². The first kappa shape index (κ1) is 13.0. The van der Waals surface area contributed by atoms with E-state index in [0.717, 1.165) is 0 Å². The van der Waals surface area contributed by atoms with E-state index < -0.39 is 24.3 Å². The molecule has 5 heteroatoms. The summed E-state index contributed by atoms with van der Waals surface area (Å²) in [6, 6.07) is 0. The molecule has 5 atom stereocenters. The maximum atomic E-state index is 9.95. The second kappa shape index (κ2) is 4.66. The molecule has 2 aliphatic rings. The van der Waals surface area contributed by atoms with Crippen molar-refractivity contribution >= 4 is 0 Å². The van der Waals surface area contributed by atoms with Crippen LogP contribution in [0.25, 0.3) is 0 Å². The normalized spacial score (nSPS) is 41.2. The molecule has 2 rings (SSSR count). The van der Waals surface area contributed by atoms with Gasteiger partial charge in [-0.1, -0.05) is 6.08 Å². The van der Waals surface area contributed by atoms with Gasteiger partial charge in [0.2, 0.25) is 0 Å². The van der Waals surface area contributed by atoms with Crippen LogP contribution in [0.5, 0.6) is 0 Å². The van der Waals surface area contributed by atoms with E-state index in [9.17, 15) is 5.11 Å². The van der Waals surface area contributed by atoms with Gasteiger partial charge in [0.05, 0.1) is 6.10 Å². The van der Waals surface area contributed by atoms with Crippen LogP contribution in [0.3, 0.4) is 0 Å². The van der Waals surface area contributed by atoms with Crippen LogP contribution in [0.4, 0.5) is 0 Å². The van der Waals surface area contributed by atoms with Crippen molar-refractivity contribution in [1.82, 2.24) is 0 Å². The van der Waals surface area contributed by atoms with Crippen LogP contribution in [0.2, 0.25) is 0 Å². The minimum atomic E-state index is -0.666. The van der Waals surface area contributed by atoms with Crippen LogP contribution >= 0.6 is 0 Å². The lowest BCUT2D eigenvalue weighted by Crippen LogP contribution is -2.41. The van der Waals surface area contributed by atoms with Crippen molar-refractivity contribution in [2.45, 2.75) is 56.8 Å². The topological polar surface area (TPSA) is 57.2 Å². The number of aliphatic hydroxyl groups is 1. The third-order valence-electron chi connectivity index (χ3n) is 3.09. The Bertz CT molecular complexity index is 291. The van der Waals surface area contributed by atoms with Crippen LogP contribution in [-0.2, 0) is 18.9 Å². The fraction of sp³-hybridized carbons (Fsp3) is 0.833. The lowest BCUT2D eigenvalue weighted by Gasteiger charge is -2.27. The summed E-state index contributed by atoms with van der Waals surface area (Å²) < 4.78 is 22.4. The average Bonchev–Trinajstić information content (AvgIpc) is 2.69. The van der Waals surface area contributed by atoms with E-state index in [2.05, 4.69) is 6.58 Å². The van der Waals surface area contributed by atoms with E-state index in [1.54, 1.807) is 13.2 Å². The Hall–Kier alpha value is -0.460. The second-order valence-corrected chi connectivity index (χ2v) is 4.86. The number of hydrogen-bond donors (Lipinski definition) is 1. The second-order valence-electron chi connectivity index (χ2n) is 4.86. The lowest BCUT2D eigenvalue weighted by molar-refractivity contribution is -0.227. The van der Waals surface area contributed by atoms with E-state index in [4.69, 9.17) is 18.9 Å². The molecule has 0 aromatic rings. The van der Waals surface area contributed by atoms with Gasteiger partial charge in [-0.25, -0.2) is 0 Å². The molecule has 0 amide bonds. The Balaban J connectivity index is 2.07. The first-order valence-corrected chi connectivity index (χ1v) is 5.81. The van der Waals surface area contributed by atoms with Crippen molar-refractivity contribution in [3.8, 4) is 0 Å². The molecule has 0 bridgehead atoms. The quantitative estimate of drug-likeness (QED) is 0.742. The van der Waals surface area contributed by atoms with Gasteiger partial charge < -0.3 is 24.1 Å². The summed E-state index contributed by atoms with van der Waals surface area (Å²) in [7, 11) is 1.58. The van der Waals surface area contributed by atoms with Crippen molar-refractivity contribution in [3.63, 3.8) is 0 Å². The summed E-state index contributed by atoms with van der Waals surface area (Å²) >= 11 is 0. The van der Waals surface area contributed by atoms with Gasteiger partial charge >= 0.3 is 0 Å². The maximum absolute atomic E-state index is 9.95. The molecular formula is C12H20O5. The molecule has 98 valence electrons. The standard InChI is InChI=1S/C12H20O5/c1-5-6-7(13)8-9(14-4)10-11(15-8)17-12(2,3)16-10/h5,7-11,13H,1,6H2,2-4H3/t7-,8-,9+,10-,11-/m1/s1. The number of methoxy groups -OCH3 is 1. The summed E-state index contributed by atoms with van der Waals surface area (Å²) in [4.78, 5) is 0. The first-order chi connectivity index (χ1) is 7.98. The molecular weight excluding hydrogens is 224 g/mol. The average molecular weight is 244 g/mol. The highest BCUT2D eigenvalue weighted by atomic mass is 16.8. The summed E-state index contributed by atoms with van der Waals surface area (Å²) in [6.45, 7) is 7.26. The Morgan fingerprint density at radius 1 is 1.47 bits per heavy atom. The van der Waals surface area contributed by atoms with Gasteiger partial charge in [-0.15, -0.1) is 6.58 Å².